The summed E-state index contributed by atoms with van der Waals surface area (Å²) in [6.45, 7) is 0. The zero-order chi connectivity index (χ0) is 10.4. The Hall–Kier alpha value is -0.550. The van der Waals surface area contributed by atoms with E-state index in [1.54, 1.807) is 4.68 Å². The largest absolute Gasteiger partial charge is 0.393 e. The summed E-state index contributed by atoms with van der Waals surface area (Å²) < 4.78 is 1.71. The summed E-state index contributed by atoms with van der Waals surface area (Å²) in [5, 5.41) is 13.6. The van der Waals surface area contributed by atoms with E-state index in [0.717, 1.165) is 24.4 Å². The van der Waals surface area contributed by atoms with Crippen LogP contribution in [0.1, 0.15) is 18.7 Å². The minimum absolute atomic E-state index is 0.287. The Bertz CT molecular complexity index is 264. The number of nitrogens with zero attached hydrogens (tertiary/aromatic N) is 3. The summed E-state index contributed by atoms with van der Waals surface area (Å²) in [5.74, 6) is 1.96. The molecule has 0 aliphatic heterocycles. The van der Waals surface area contributed by atoms with E-state index in [1.807, 2.05) is 18.8 Å². The molecular weight excluding hydrogens is 198 g/mol. The van der Waals surface area contributed by atoms with Crippen molar-refractivity contribution in [1.82, 2.24) is 14.8 Å². The maximum Gasteiger partial charge on any atom is 0.138 e. The molecule has 1 unspecified atom stereocenters. The summed E-state index contributed by atoms with van der Waals surface area (Å²) in [7, 11) is 1.84. The van der Waals surface area contributed by atoms with E-state index in [1.165, 1.54) is 6.33 Å². The van der Waals surface area contributed by atoms with Crippen molar-refractivity contribution in [3.8, 4) is 0 Å². The fourth-order valence-corrected chi connectivity index (χ4v) is 1.74. The monoisotopic (exact) mass is 215 g/mol. The van der Waals surface area contributed by atoms with Gasteiger partial charge in [-0.25, -0.2) is 4.98 Å². The summed E-state index contributed by atoms with van der Waals surface area (Å²) >= 11 is 1.81. The highest BCUT2D eigenvalue weighted by Gasteiger charge is 2.08. The molecule has 0 radical (unpaired) electrons. The highest BCUT2D eigenvalue weighted by Crippen LogP contribution is 2.06. The lowest BCUT2D eigenvalue weighted by molar-refractivity contribution is 0.160. The van der Waals surface area contributed by atoms with Gasteiger partial charge in [0.25, 0.3) is 0 Å². The van der Waals surface area contributed by atoms with Crippen LogP contribution in [0.3, 0.4) is 0 Å². The highest BCUT2D eigenvalue weighted by molar-refractivity contribution is 7.98. The van der Waals surface area contributed by atoms with Crippen molar-refractivity contribution in [2.75, 3.05) is 12.0 Å². The van der Waals surface area contributed by atoms with Gasteiger partial charge in [0.15, 0.2) is 0 Å². The number of aliphatic hydroxyl groups is 1. The molecule has 1 heterocycles. The summed E-state index contributed by atoms with van der Waals surface area (Å²) in [4.78, 5) is 4.07. The van der Waals surface area contributed by atoms with Gasteiger partial charge in [0.2, 0.25) is 0 Å². The van der Waals surface area contributed by atoms with Crippen LogP contribution in [0.25, 0.3) is 0 Å². The molecule has 1 aromatic rings. The SMILES string of the molecule is CSCCCC(O)Cc1ncnn1C. The minimum atomic E-state index is -0.287. The lowest BCUT2D eigenvalue weighted by Gasteiger charge is -2.08. The molecule has 0 saturated carbocycles. The molecule has 4 nitrogen and oxygen atoms in total. The second-order valence-electron chi connectivity index (χ2n) is 3.29. The van der Waals surface area contributed by atoms with Crippen molar-refractivity contribution in [3.05, 3.63) is 12.2 Å². The average molecular weight is 215 g/mol. The van der Waals surface area contributed by atoms with Gasteiger partial charge in [-0.05, 0) is 24.9 Å². The van der Waals surface area contributed by atoms with E-state index < -0.39 is 0 Å². The topological polar surface area (TPSA) is 50.9 Å². The van der Waals surface area contributed by atoms with E-state index in [4.69, 9.17) is 0 Å². The maximum absolute atomic E-state index is 9.68. The number of thioether (sulfide) groups is 1. The van der Waals surface area contributed by atoms with Gasteiger partial charge in [-0.3, -0.25) is 4.68 Å². The van der Waals surface area contributed by atoms with Crippen LogP contribution in [0.5, 0.6) is 0 Å². The van der Waals surface area contributed by atoms with Crippen molar-refractivity contribution in [1.29, 1.82) is 0 Å². The second kappa shape index (κ2) is 6.03. The molecule has 1 atom stereocenters. The van der Waals surface area contributed by atoms with Gasteiger partial charge in [-0.1, -0.05) is 0 Å². The van der Waals surface area contributed by atoms with Crippen molar-refractivity contribution >= 4 is 11.8 Å². The highest BCUT2D eigenvalue weighted by atomic mass is 32.2. The molecule has 0 fully saturated rings. The predicted octanol–water partition coefficient (Wildman–Crippen LogP) is 0.862. The maximum atomic E-state index is 9.68. The van der Waals surface area contributed by atoms with Gasteiger partial charge in [0, 0.05) is 13.5 Å². The first-order chi connectivity index (χ1) is 6.74. The number of hydrogen-bond acceptors (Lipinski definition) is 4. The normalized spacial score (nSPS) is 13.1. The van der Waals surface area contributed by atoms with Crippen molar-refractivity contribution in [3.63, 3.8) is 0 Å². The van der Waals surface area contributed by atoms with Crippen LogP contribution < -0.4 is 0 Å². The van der Waals surface area contributed by atoms with Gasteiger partial charge < -0.3 is 5.11 Å². The van der Waals surface area contributed by atoms with Crippen LogP contribution in [0.2, 0.25) is 0 Å². The zero-order valence-corrected chi connectivity index (χ0v) is 9.50. The number of aromatic nitrogens is 3. The quantitative estimate of drug-likeness (QED) is 0.715. The molecule has 1 rings (SSSR count). The predicted molar refractivity (Wildman–Crippen MR) is 58.3 cm³/mol. The lowest BCUT2D eigenvalue weighted by atomic mass is 10.1. The Kier molecular flexibility index (Phi) is 4.97. The van der Waals surface area contributed by atoms with Gasteiger partial charge in [0.05, 0.1) is 6.10 Å². The third-order valence-corrected chi connectivity index (χ3v) is 2.81. The molecule has 0 aliphatic rings. The number of aryl methyl sites for hydroxylation is 1. The van der Waals surface area contributed by atoms with Crippen molar-refractivity contribution in [2.45, 2.75) is 25.4 Å². The number of hydrogen-bond donors (Lipinski definition) is 1. The molecule has 5 heteroatoms. The van der Waals surface area contributed by atoms with Crippen LogP contribution in [-0.4, -0.2) is 38.0 Å². The number of rotatable bonds is 6. The number of aliphatic hydroxyl groups excluding tert-OH is 1. The van der Waals surface area contributed by atoms with Crippen molar-refractivity contribution < 1.29 is 5.11 Å². The molecule has 0 aliphatic carbocycles. The third kappa shape index (κ3) is 3.67. The molecule has 1 aromatic heterocycles. The van der Waals surface area contributed by atoms with E-state index >= 15 is 0 Å². The molecule has 1 N–H and O–H groups in total. The van der Waals surface area contributed by atoms with Gasteiger partial charge >= 0.3 is 0 Å². The fourth-order valence-electron chi connectivity index (χ4n) is 1.28. The molecule has 0 saturated heterocycles. The molecule has 80 valence electrons. The first kappa shape index (κ1) is 11.5. The summed E-state index contributed by atoms with van der Waals surface area (Å²) in [6, 6.07) is 0. The van der Waals surface area contributed by atoms with Crippen LogP contribution in [0.15, 0.2) is 6.33 Å². The first-order valence-electron chi connectivity index (χ1n) is 4.74. The van der Waals surface area contributed by atoms with Crippen LogP contribution in [0.4, 0.5) is 0 Å². The Balaban J connectivity index is 2.27. The van der Waals surface area contributed by atoms with Crippen molar-refractivity contribution in [2.24, 2.45) is 7.05 Å². The lowest BCUT2D eigenvalue weighted by Crippen LogP contribution is -2.14. The Labute approximate surface area is 88.7 Å². The molecule has 0 spiro atoms. The fraction of sp³-hybridized carbons (Fsp3) is 0.778. The van der Waals surface area contributed by atoms with E-state index in [2.05, 4.69) is 16.3 Å². The van der Waals surface area contributed by atoms with E-state index in [-0.39, 0.29) is 6.10 Å². The van der Waals surface area contributed by atoms with E-state index in [0.29, 0.717) is 6.42 Å². The molecule has 14 heavy (non-hydrogen) atoms. The van der Waals surface area contributed by atoms with Gasteiger partial charge in [-0.15, -0.1) is 0 Å². The van der Waals surface area contributed by atoms with Gasteiger partial charge in [0.1, 0.15) is 12.2 Å². The van der Waals surface area contributed by atoms with Crippen LogP contribution in [-0.2, 0) is 13.5 Å². The first-order valence-corrected chi connectivity index (χ1v) is 6.13. The smallest absolute Gasteiger partial charge is 0.138 e. The summed E-state index contributed by atoms with van der Waals surface area (Å²) in [6.07, 6.45) is 5.81. The molecule has 0 amide bonds. The average Bonchev–Trinajstić information content (AvgIpc) is 2.52. The Morgan fingerprint density at radius 2 is 2.43 bits per heavy atom. The molecular formula is C9H17N3OS. The standard InChI is InChI=1S/C9H17N3OS/c1-12-9(10-7-11-12)6-8(13)4-3-5-14-2/h7-8,13H,3-6H2,1-2H3. The molecule has 0 bridgehead atoms. The zero-order valence-electron chi connectivity index (χ0n) is 8.68. The van der Waals surface area contributed by atoms with Crippen LogP contribution >= 0.6 is 11.8 Å². The Morgan fingerprint density at radius 1 is 1.64 bits per heavy atom. The molecule has 0 aromatic carbocycles. The van der Waals surface area contributed by atoms with E-state index in [9.17, 15) is 5.11 Å². The Morgan fingerprint density at radius 3 is 3.00 bits per heavy atom. The minimum Gasteiger partial charge on any atom is -0.393 e. The van der Waals surface area contributed by atoms with Gasteiger partial charge in [-0.2, -0.15) is 16.9 Å². The summed E-state index contributed by atoms with van der Waals surface area (Å²) in [5.41, 5.74) is 0. The third-order valence-electron chi connectivity index (χ3n) is 2.11. The van der Waals surface area contributed by atoms with Crippen LogP contribution in [0, 0.1) is 0 Å². The second-order valence-corrected chi connectivity index (χ2v) is 4.28.